The first-order chi connectivity index (χ1) is 12.9. The van der Waals surface area contributed by atoms with Gasteiger partial charge in [0, 0.05) is 30.1 Å². The second-order valence-electron chi connectivity index (χ2n) is 6.68. The molecular weight excluding hydrogens is 366 g/mol. The predicted molar refractivity (Wildman–Crippen MR) is 105 cm³/mol. The monoisotopic (exact) mass is 387 g/mol. The van der Waals surface area contributed by atoms with Gasteiger partial charge in [0.15, 0.2) is 0 Å². The lowest BCUT2D eigenvalue weighted by Crippen LogP contribution is -2.50. The van der Waals surface area contributed by atoms with Crippen molar-refractivity contribution >= 4 is 29.2 Å². The van der Waals surface area contributed by atoms with E-state index in [1.54, 1.807) is 30.1 Å². The molecule has 0 saturated heterocycles. The van der Waals surface area contributed by atoms with E-state index in [0.717, 1.165) is 5.56 Å². The van der Waals surface area contributed by atoms with Crippen molar-refractivity contribution in [2.75, 3.05) is 12.4 Å². The molecule has 142 valence electrons. The van der Waals surface area contributed by atoms with Crippen LogP contribution in [-0.4, -0.2) is 29.9 Å². The smallest absolute Gasteiger partial charge is 0.321 e. The van der Waals surface area contributed by atoms with Gasteiger partial charge in [-0.25, -0.2) is 4.79 Å². The number of ether oxygens (including phenoxy) is 1. The Labute approximate surface area is 163 Å². The highest BCUT2D eigenvalue weighted by molar-refractivity contribution is 6.30. The van der Waals surface area contributed by atoms with Crippen LogP contribution < -0.4 is 15.8 Å². The van der Waals surface area contributed by atoms with E-state index in [1.807, 2.05) is 30.3 Å². The minimum atomic E-state index is -0.311. The van der Waals surface area contributed by atoms with Gasteiger partial charge in [-0.05, 0) is 30.5 Å². The minimum Gasteiger partial charge on any atom is -0.487 e. The van der Waals surface area contributed by atoms with Gasteiger partial charge in [-0.15, -0.1) is 0 Å². The number of hydrogen-bond donors (Lipinski definition) is 2. The zero-order valence-corrected chi connectivity index (χ0v) is 15.8. The summed E-state index contributed by atoms with van der Waals surface area (Å²) >= 11 is 6.08. The lowest BCUT2D eigenvalue weighted by Gasteiger charge is -2.39. The number of urea groups is 1. The van der Waals surface area contributed by atoms with Crippen LogP contribution in [0.2, 0.25) is 5.02 Å². The number of carbonyl (C=O) groups is 2. The van der Waals surface area contributed by atoms with Gasteiger partial charge in [-0.2, -0.15) is 0 Å². The molecule has 1 saturated carbocycles. The molecule has 6 nitrogen and oxygen atoms in total. The fraction of sp³-hybridized carbons (Fsp3) is 0.300. The van der Waals surface area contributed by atoms with Crippen LogP contribution in [-0.2, 0) is 11.4 Å². The Balaban J connectivity index is 1.64. The number of anilines is 1. The van der Waals surface area contributed by atoms with Gasteiger partial charge >= 0.3 is 6.03 Å². The number of primary amides is 1. The number of nitrogens with one attached hydrogen (secondary N) is 1. The molecule has 0 radical (unpaired) electrons. The molecular formula is C20H22ClN3O3. The fourth-order valence-electron chi connectivity index (χ4n) is 2.96. The highest BCUT2D eigenvalue weighted by atomic mass is 35.5. The molecule has 0 aliphatic heterocycles. The Morgan fingerprint density at radius 3 is 2.59 bits per heavy atom. The molecule has 2 aromatic carbocycles. The Morgan fingerprint density at radius 1 is 1.22 bits per heavy atom. The van der Waals surface area contributed by atoms with Crippen LogP contribution in [0.3, 0.4) is 0 Å². The third kappa shape index (κ3) is 4.71. The van der Waals surface area contributed by atoms with E-state index in [2.05, 4.69) is 5.32 Å². The zero-order chi connectivity index (χ0) is 19.4. The molecule has 0 spiro atoms. The normalized spacial score (nSPS) is 18.3. The number of carbonyl (C=O) groups excluding carboxylic acids is 2. The first-order valence-corrected chi connectivity index (χ1v) is 9.11. The molecule has 2 aromatic rings. The van der Waals surface area contributed by atoms with Crippen molar-refractivity contribution in [3.63, 3.8) is 0 Å². The molecule has 3 rings (SSSR count). The fourth-order valence-corrected chi connectivity index (χ4v) is 3.12. The van der Waals surface area contributed by atoms with Crippen molar-refractivity contribution in [2.45, 2.75) is 25.5 Å². The summed E-state index contributed by atoms with van der Waals surface area (Å²) in [5.74, 6) is 0.0385. The summed E-state index contributed by atoms with van der Waals surface area (Å²) in [6, 6.07) is 14.5. The average molecular weight is 388 g/mol. The number of halogens is 1. The van der Waals surface area contributed by atoms with E-state index in [-0.39, 0.29) is 23.9 Å². The second kappa shape index (κ2) is 8.31. The maximum atomic E-state index is 12.5. The number of rotatable bonds is 6. The molecule has 1 aliphatic carbocycles. The Hall–Kier alpha value is -2.73. The molecule has 0 unspecified atom stereocenters. The van der Waals surface area contributed by atoms with Crippen LogP contribution in [0.5, 0.6) is 5.75 Å². The number of amides is 3. The molecule has 0 aromatic heterocycles. The molecule has 27 heavy (non-hydrogen) atoms. The molecule has 3 amide bonds. The highest BCUT2D eigenvalue weighted by Crippen LogP contribution is 2.33. The summed E-state index contributed by atoms with van der Waals surface area (Å²) in [4.78, 5) is 25.3. The van der Waals surface area contributed by atoms with Gasteiger partial charge in [0.1, 0.15) is 12.4 Å². The molecule has 3 N–H and O–H groups in total. The van der Waals surface area contributed by atoms with Crippen molar-refractivity contribution in [2.24, 2.45) is 11.7 Å². The van der Waals surface area contributed by atoms with Crippen molar-refractivity contribution < 1.29 is 14.3 Å². The van der Waals surface area contributed by atoms with E-state index in [0.29, 0.717) is 35.9 Å². The first kappa shape index (κ1) is 19.0. The largest absolute Gasteiger partial charge is 0.487 e. The van der Waals surface area contributed by atoms with Gasteiger partial charge in [-0.1, -0.05) is 41.9 Å². The topological polar surface area (TPSA) is 84.7 Å². The number of nitrogens with two attached hydrogens (primary N) is 1. The van der Waals surface area contributed by atoms with E-state index in [1.165, 1.54) is 0 Å². The summed E-state index contributed by atoms with van der Waals surface area (Å²) in [5.41, 5.74) is 6.84. The summed E-state index contributed by atoms with van der Waals surface area (Å²) in [5, 5.41) is 3.38. The SMILES string of the molecule is CN(C(=O)Nc1ccc(Cl)cc1OCc1ccccc1)C1CC(C(N)=O)C1. The molecule has 0 heterocycles. The Morgan fingerprint density at radius 2 is 1.93 bits per heavy atom. The quantitative estimate of drug-likeness (QED) is 0.793. The molecule has 0 bridgehead atoms. The Bertz CT molecular complexity index is 822. The number of nitrogens with zero attached hydrogens (tertiary/aromatic N) is 1. The van der Waals surface area contributed by atoms with Crippen LogP contribution in [0.15, 0.2) is 48.5 Å². The van der Waals surface area contributed by atoms with Gasteiger partial charge in [0.2, 0.25) is 5.91 Å². The molecule has 7 heteroatoms. The van der Waals surface area contributed by atoms with Gasteiger partial charge in [0.25, 0.3) is 0 Å². The summed E-state index contributed by atoms with van der Waals surface area (Å²) in [7, 11) is 1.71. The summed E-state index contributed by atoms with van der Waals surface area (Å²) in [6.45, 7) is 0.364. The van der Waals surface area contributed by atoms with E-state index in [4.69, 9.17) is 22.1 Å². The van der Waals surface area contributed by atoms with Crippen molar-refractivity contribution in [1.82, 2.24) is 4.90 Å². The summed E-state index contributed by atoms with van der Waals surface area (Å²) in [6.07, 6.45) is 1.19. The van der Waals surface area contributed by atoms with E-state index >= 15 is 0 Å². The van der Waals surface area contributed by atoms with Crippen molar-refractivity contribution in [3.8, 4) is 5.75 Å². The van der Waals surface area contributed by atoms with Gasteiger partial charge in [-0.3, -0.25) is 4.79 Å². The molecule has 1 aliphatic rings. The van der Waals surface area contributed by atoms with E-state index in [9.17, 15) is 9.59 Å². The van der Waals surface area contributed by atoms with Crippen LogP contribution in [0.25, 0.3) is 0 Å². The summed E-state index contributed by atoms with van der Waals surface area (Å²) < 4.78 is 5.86. The molecule has 0 atom stereocenters. The Kier molecular flexibility index (Phi) is 5.86. The lowest BCUT2D eigenvalue weighted by molar-refractivity contribution is -0.125. The van der Waals surface area contributed by atoms with Gasteiger partial charge < -0.3 is 20.7 Å². The first-order valence-electron chi connectivity index (χ1n) is 8.73. The minimum absolute atomic E-state index is 0.00323. The average Bonchev–Trinajstić information content (AvgIpc) is 2.61. The maximum Gasteiger partial charge on any atom is 0.321 e. The number of benzene rings is 2. The highest BCUT2D eigenvalue weighted by Gasteiger charge is 2.37. The van der Waals surface area contributed by atoms with Crippen LogP contribution in [0.4, 0.5) is 10.5 Å². The lowest BCUT2D eigenvalue weighted by atomic mass is 9.79. The standard InChI is InChI=1S/C20H22ClN3O3/c1-24(16-9-14(10-16)19(22)25)20(26)23-17-8-7-15(21)11-18(17)27-12-13-5-3-2-4-6-13/h2-8,11,14,16H,9-10,12H2,1H3,(H2,22,25)(H,23,26). The predicted octanol–water partition coefficient (Wildman–Crippen LogP) is 3.65. The van der Waals surface area contributed by atoms with Crippen molar-refractivity contribution in [1.29, 1.82) is 0 Å². The number of hydrogen-bond acceptors (Lipinski definition) is 3. The zero-order valence-electron chi connectivity index (χ0n) is 15.0. The van der Waals surface area contributed by atoms with Crippen LogP contribution in [0.1, 0.15) is 18.4 Å². The third-order valence-corrected chi connectivity index (χ3v) is 5.04. The third-order valence-electron chi connectivity index (χ3n) is 4.81. The van der Waals surface area contributed by atoms with Crippen molar-refractivity contribution in [3.05, 3.63) is 59.1 Å². The van der Waals surface area contributed by atoms with Crippen LogP contribution in [0, 0.1) is 5.92 Å². The van der Waals surface area contributed by atoms with E-state index < -0.39 is 0 Å². The van der Waals surface area contributed by atoms with Gasteiger partial charge in [0.05, 0.1) is 5.69 Å². The second-order valence-corrected chi connectivity index (χ2v) is 7.12. The molecule has 1 fully saturated rings. The maximum absolute atomic E-state index is 12.5. The van der Waals surface area contributed by atoms with Crippen LogP contribution >= 0.6 is 11.6 Å².